The van der Waals surface area contributed by atoms with Crippen molar-refractivity contribution in [2.45, 2.75) is 39.5 Å². The number of aryl methyl sites for hydroxylation is 1. The van der Waals surface area contributed by atoms with Crippen molar-refractivity contribution >= 4 is 55.5 Å². The number of para-hydroxylation sites is 2. The van der Waals surface area contributed by atoms with Gasteiger partial charge in [0.15, 0.2) is 22.7 Å². The Bertz CT molecular complexity index is 2610. The van der Waals surface area contributed by atoms with Crippen LogP contribution in [0, 0.1) is 29.6 Å². The molecule has 4 heterocycles. The molecule has 9 nitrogen and oxygen atoms in total. The van der Waals surface area contributed by atoms with Gasteiger partial charge in [-0.05, 0) is 54.8 Å². The lowest BCUT2D eigenvalue weighted by Crippen LogP contribution is -2.01. The number of nitrogens with zero attached hydrogens (tertiary/aromatic N) is 8. The highest BCUT2D eigenvalue weighted by Gasteiger charge is 2.21. The topological polar surface area (TPSA) is 126 Å². The van der Waals surface area contributed by atoms with Gasteiger partial charge in [-0.25, -0.2) is 24.9 Å². The molecule has 0 aliphatic heterocycles. The van der Waals surface area contributed by atoms with E-state index in [4.69, 9.17) is 19.7 Å². The van der Waals surface area contributed by atoms with Crippen molar-refractivity contribution in [2.75, 3.05) is 6.61 Å². The third-order valence-corrected chi connectivity index (χ3v) is 10.0. The SMILES string of the molecule is CCCCCCOc1nc(-c2ccc(C)c3nc4nc(C#N)c(C#N)nc4nc23)sc1-c1ccc(-n2c3ccccc3c3ccccc32)cc1. The average molecular weight is 671 g/mol. The van der Waals surface area contributed by atoms with Crippen LogP contribution in [-0.2, 0) is 0 Å². The molecule has 8 rings (SSSR count). The number of hydrogen-bond donors (Lipinski definition) is 0. The second-order valence-electron chi connectivity index (χ2n) is 12.1. The van der Waals surface area contributed by atoms with E-state index in [0.29, 0.717) is 23.5 Å². The fourth-order valence-corrected chi connectivity index (χ4v) is 7.45. The van der Waals surface area contributed by atoms with E-state index in [1.807, 2.05) is 31.2 Å². The van der Waals surface area contributed by atoms with Crippen LogP contribution in [0.5, 0.6) is 5.88 Å². The molecule has 242 valence electrons. The van der Waals surface area contributed by atoms with Crippen molar-refractivity contribution in [3.05, 3.63) is 102 Å². The number of nitriles is 2. The number of hydrogen-bond acceptors (Lipinski definition) is 9. The van der Waals surface area contributed by atoms with Crippen LogP contribution in [0.3, 0.4) is 0 Å². The van der Waals surface area contributed by atoms with Gasteiger partial charge < -0.3 is 9.30 Å². The van der Waals surface area contributed by atoms with E-state index in [1.165, 1.54) is 10.8 Å². The summed E-state index contributed by atoms with van der Waals surface area (Å²) >= 11 is 1.54. The molecule has 4 aromatic heterocycles. The van der Waals surface area contributed by atoms with Crippen LogP contribution in [0.4, 0.5) is 0 Å². The number of rotatable bonds is 9. The second kappa shape index (κ2) is 13.0. The van der Waals surface area contributed by atoms with Crippen LogP contribution in [0.15, 0.2) is 84.9 Å². The second-order valence-corrected chi connectivity index (χ2v) is 13.1. The maximum absolute atomic E-state index is 9.55. The van der Waals surface area contributed by atoms with Crippen molar-refractivity contribution in [1.82, 2.24) is 29.5 Å². The average Bonchev–Trinajstić information content (AvgIpc) is 3.73. The molecule has 10 heteroatoms. The molecule has 0 saturated carbocycles. The first-order chi connectivity index (χ1) is 24.6. The van der Waals surface area contributed by atoms with E-state index < -0.39 is 0 Å². The molecule has 0 unspecified atom stereocenters. The van der Waals surface area contributed by atoms with Crippen molar-refractivity contribution in [1.29, 1.82) is 10.5 Å². The number of ether oxygens (including phenoxy) is 1. The third-order valence-electron chi connectivity index (χ3n) is 8.89. The van der Waals surface area contributed by atoms with E-state index in [0.717, 1.165) is 69.0 Å². The molecule has 0 N–H and O–H groups in total. The van der Waals surface area contributed by atoms with Crippen LogP contribution < -0.4 is 4.74 Å². The summed E-state index contributed by atoms with van der Waals surface area (Å²) in [5.41, 5.74) is 7.55. The molecule has 0 bridgehead atoms. The summed E-state index contributed by atoms with van der Waals surface area (Å²) < 4.78 is 8.69. The Balaban J connectivity index is 1.24. The lowest BCUT2D eigenvalue weighted by Gasteiger charge is -2.09. The van der Waals surface area contributed by atoms with Gasteiger partial charge in [-0.2, -0.15) is 10.5 Å². The minimum absolute atomic E-state index is 0.0723. The van der Waals surface area contributed by atoms with Gasteiger partial charge in [-0.1, -0.05) is 80.8 Å². The summed E-state index contributed by atoms with van der Waals surface area (Å²) in [5, 5.41) is 22.2. The van der Waals surface area contributed by atoms with E-state index in [1.54, 1.807) is 11.3 Å². The quantitative estimate of drug-likeness (QED) is 0.110. The predicted octanol–water partition coefficient (Wildman–Crippen LogP) is 9.47. The van der Waals surface area contributed by atoms with E-state index in [-0.39, 0.29) is 22.7 Å². The highest BCUT2D eigenvalue weighted by atomic mass is 32.1. The molecule has 0 amide bonds. The van der Waals surface area contributed by atoms with E-state index >= 15 is 0 Å². The summed E-state index contributed by atoms with van der Waals surface area (Å²) in [4.78, 5) is 24.1. The van der Waals surface area contributed by atoms with Gasteiger partial charge >= 0.3 is 0 Å². The smallest absolute Gasteiger partial charge is 0.233 e. The van der Waals surface area contributed by atoms with Gasteiger partial charge in [0.1, 0.15) is 22.7 Å². The van der Waals surface area contributed by atoms with Crippen molar-refractivity contribution in [2.24, 2.45) is 0 Å². The summed E-state index contributed by atoms with van der Waals surface area (Å²) in [6.45, 7) is 4.72. The first kappa shape index (κ1) is 31.1. The zero-order valence-electron chi connectivity index (χ0n) is 27.5. The lowest BCUT2D eigenvalue weighted by atomic mass is 10.1. The van der Waals surface area contributed by atoms with E-state index in [9.17, 15) is 10.5 Å². The number of benzene rings is 4. The summed E-state index contributed by atoms with van der Waals surface area (Å²) in [5.74, 6) is 0.582. The van der Waals surface area contributed by atoms with Crippen LogP contribution in [-0.4, -0.2) is 36.1 Å². The molecule has 0 atom stereocenters. The zero-order valence-corrected chi connectivity index (χ0v) is 28.3. The normalized spacial score (nSPS) is 11.4. The van der Waals surface area contributed by atoms with Gasteiger partial charge in [-0.15, -0.1) is 11.3 Å². The highest BCUT2D eigenvalue weighted by molar-refractivity contribution is 7.18. The maximum atomic E-state index is 9.55. The highest BCUT2D eigenvalue weighted by Crippen LogP contribution is 2.43. The number of aromatic nitrogens is 6. The van der Waals surface area contributed by atoms with Crippen molar-refractivity contribution in [3.63, 3.8) is 0 Å². The Morgan fingerprint density at radius 1 is 0.700 bits per heavy atom. The minimum Gasteiger partial charge on any atom is -0.477 e. The first-order valence-electron chi connectivity index (χ1n) is 16.6. The number of fused-ring (bicyclic) bond motifs is 5. The molecule has 4 aromatic carbocycles. The van der Waals surface area contributed by atoms with Crippen LogP contribution in [0.1, 0.15) is 49.6 Å². The van der Waals surface area contributed by atoms with Crippen LogP contribution in [0.2, 0.25) is 0 Å². The Morgan fingerprint density at radius 3 is 1.98 bits per heavy atom. The molecule has 0 saturated heterocycles. The molecular formula is C40H30N8OS. The molecular weight excluding hydrogens is 641 g/mol. The Morgan fingerprint density at radius 2 is 1.34 bits per heavy atom. The van der Waals surface area contributed by atoms with Crippen molar-refractivity contribution < 1.29 is 4.74 Å². The first-order valence-corrected chi connectivity index (χ1v) is 17.4. The standard InChI is InChI=1S/C40H30N8OS/c1-3-4-5-10-21-49-39-36(25-16-18-26(19-17-25)48-32-13-8-6-11-27(32)28-12-7-9-14-33(28)48)50-40(47-39)29-20-15-24(2)34-35(29)46-38-37(45-34)43-30(22-41)31(23-42)44-38/h6-9,11-20H,3-5,10,21H2,1-2H3. The molecule has 8 aromatic rings. The van der Waals surface area contributed by atoms with Crippen molar-refractivity contribution in [3.8, 4) is 44.7 Å². The zero-order chi connectivity index (χ0) is 34.2. The number of unbranched alkanes of at least 4 members (excludes halogenated alkanes) is 3. The fraction of sp³-hybridized carbons (Fsp3) is 0.175. The molecule has 0 fully saturated rings. The van der Waals surface area contributed by atoms with Gasteiger partial charge in [-0.3, -0.25) is 0 Å². The summed E-state index contributed by atoms with van der Waals surface area (Å²) in [6.07, 6.45) is 4.36. The minimum atomic E-state index is -0.0810. The maximum Gasteiger partial charge on any atom is 0.233 e. The Hall–Kier alpha value is -6.23. The molecule has 0 aliphatic rings. The van der Waals surface area contributed by atoms with Gasteiger partial charge in [0, 0.05) is 22.0 Å². The van der Waals surface area contributed by atoms with Gasteiger partial charge in [0.25, 0.3) is 0 Å². The third kappa shape index (κ3) is 5.36. The number of thiazole rings is 1. The predicted molar refractivity (Wildman–Crippen MR) is 197 cm³/mol. The molecule has 50 heavy (non-hydrogen) atoms. The molecule has 0 spiro atoms. The summed E-state index contributed by atoms with van der Waals surface area (Å²) in [7, 11) is 0. The lowest BCUT2D eigenvalue weighted by molar-refractivity contribution is 0.297. The van der Waals surface area contributed by atoms with Gasteiger partial charge in [0.05, 0.1) is 28.0 Å². The van der Waals surface area contributed by atoms with E-state index in [2.05, 4.69) is 94.3 Å². The van der Waals surface area contributed by atoms with Crippen LogP contribution in [0.25, 0.3) is 70.8 Å². The largest absolute Gasteiger partial charge is 0.477 e. The monoisotopic (exact) mass is 670 g/mol. The fourth-order valence-electron chi connectivity index (χ4n) is 6.40. The van der Waals surface area contributed by atoms with Gasteiger partial charge in [0.2, 0.25) is 5.88 Å². The Kier molecular flexibility index (Phi) is 8.08. The Labute approximate surface area is 292 Å². The van der Waals surface area contributed by atoms with Crippen LogP contribution >= 0.6 is 11.3 Å². The molecule has 0 radical (unpaired) electrons. The summed E-state index contributed by atoms with van der Waals surface area (Å²) in [6, 6.07) is 33.4. The molecule has 0 aliphatic carbocycles.